The van der Waals surface area contributed by atoms with Crippen LogP contribution in [0.25, 0.3) is 0 Å². The molecular formula is C14H17NOS. The number of nitrogens with one attached hydrogen (secondary N) is 1. The minimum absolute atomic E-state index is 0.303. The first kappa shape index (κ1) is 12.3. The van der Waals surface area contributed by atoms with Gasteiger partial charge in [-0.2, -0.15) is 0 Å². The van der Waals surface area contributed by atoms with Gasteiger partial charge in [0.1, 0.15) is 5.76 Å². The first-order valence-corrected chi connectivity index (χ1v) is 6.89. The van der Waals surface area contributed by atoms with E-state index >= 15 is 0 Å². The molecule has 0 aliphatic heterocycles. The lowest BCUT2D eigenvalue weighted by Gasteiger charge is -2.15. The Morgan fingerprint density at radius 1 is 1.24 bits per heavy atom. The second-order valence-electron chi connectivity index (χ2n) is 3.90. The Kier molecular flexibility index (Phi) is 4.29. The molecule has 0 fully saturated rings. The summed E-state index contributed by atoms with van der Waals surface area (Å²) in [6.45, 7) is 0. The standard InChI is InChI=1S/C14H17NOS/c1-15-14(10-12-4-3-9-16-12)11-5-7-13(17-2)8-6-11/h3-9,14-15H,10H2,1-2H3. The zero-order chi connectivity index (χ0) is 12.1. The lowest BCUT2D eigenvalue weighted by Crippen LogP contribution is -2.18. The molecule has 2 nitrogen and oxygen atoms in total. The summed E-state index contributed by atoms with van der Waals surface area (Å²) < 4.78 is 5.39. The average Bonchev–Trinajstić information content (AvgIpc) is 2.89. The van der Waals surface area contributed by atoms with Gasteiger partial charge >= 0.3 is 0 Å². The molecule has 0 amide bonds. The molecular weight excluding hydrogens is 230 g/mol. The Labute approximate surface area is 106 Å². The zero-order valence-corrected chi connectivity index (χ0v) is 11.0. The zero-order valence-electron chi connectivity index (χ0n) is 10.1. The van der Waals surface area contributed by atoms with Gasteiger partial charge in [0.05, 0.1) is 6.26 Å². The van der Waals surface area contributed by atoms with Crippen molar-refractivity contribution in [1.82, 2.24) is 5.32 Å². The van der Waals surface area contributed by atoms with Crippen molar-refractivity contribution in [2.24, 2.45) is 0 Å². The van der Waals surface area contributed by atoms with Crippen LogP contribution < -0.4 is 5.32 Å². The summed E-state index contributed by atoms with van der Waals surface area (Å²) in [6, 6.07) is 12.9. The monoisotopic (exact) mass is 247 g/mol. The summed E-state index contributed by atoms with van der Waals surface area (Å²) in [6.07, 6.45) is 4.69. The quantitative estimate of drug-likeness (QED) is 0.819. The topological polar surface area (TPSA) is 25.2 Å². The van der Waals surface area contributed by atoms with Gasteiger partial charge in [0, 0.05) is 17.4 Å². The Morgan fingerprint density at radius 3 is 2.53 bits per heavy atom. The molecule has 0 saturated heterocycles. The molecule has 0 aliphatic carbocycles. The molecule has 0 radical (unpaired) electrons. The summed E-state index contributed by atoms with van der Waals surface area (Å²) in [5.41, 5.74) is 1.29. The molecule has 0 spiro atoms. The maximum Gasteiger partial charge on any atom is 0.105 e. The molecule has 2 aromatic rings. The van der Waals surface area contributed by atoms with Crippen LogP contribution in [0.15, 0.2) is 52.0 Å². The largest absolute Gasteiger partial charge is 0.469 e. The predicted molar refractivity (Wildman–Crippen MR) is 72.4 cm³/mol. The molecule has 1 heterocycles. The van der Waals surface area contributed by atoms with Crippen molar-refractivity contribution in [3.63, 3.8) is 0 Å². The van der Waals surface area contributed by atoms with Crippen molar-refractivity contribution in [3.05, 3.63) is 54.0 Å². The molecule has 17 heavy (non-hydrogen) atoms. The molecule has 0 bridgehead atoms. The van der Waals surface area contributed by atoms with Crippen molar-refractivity contribution in [2.75, 3.05) is 13.3 Å². The van der Waals surface area contributed by atoms with E-state index in [1.165, 1.54) is 10.5 Å². The van der Waals surface area contributed by atoms with Crippen LogP contribution in [-0.2, 0) is 6.42 Å². The number of hydrogen-bond donors (Lipinski definition) is 1. The van der Waals surface area contributed by atoms with Gasteiger partial charge in [-0.1, -0.05) is 12.1 Å². The van der Waals surface area contributed by atoms with Gasteiger partial charge in [0.25, 0.3) is 0 Å². The molecule has 3 heteroatoms. The Balaban J connectivity index is 2.11. The average molecular weight is 247 g/mol. The highest BCUT2D eigenvalue weighted by molar-refractivity contribution is 7.98. The third-order valence-electron chi connectivity index (χ3n) is 2.85. The van der Waals surface area contributed by atoms with E-state index in [0.29, 0.717) is 6.04 Å². The highest BCUT2D eigenvalue weighted by atomic mass is 32.2. The molecule has 0 saturated carbocycles. The van der Waals surface area contributed by atoms with E-state index in [1.807, 2.05) is 19.2 Å². The second kappa shape index (κ2) is 5.94. The maximum absolute atomic E-state index is 5.39. The van der Waals surface area contributed by atoms with E-state index in [4.69, 9.17) is 4.42 Å². The van der Waals surface area contributed by atoms with Crippen LogP contribution in [0.3, 0.4) is 0 Å². The fraction of sp³-hybridized carbons (Fsp3) is 0.286. The molecule has 90 valence electrons. The summed E-state index contributed by atoms with van der Waals surface area (Å²) in [4.78, 5) is 1.29. The lowest BCUT2D eigenvalue weighted by molar-refractivity contribution is 0.466. The molecule has 1 aromatic carbocycles. The summed E-state index contributed by atoms with van der Waals surface area (Å²) in [5.74, 6) is 1.01. The van der Waals surface area contributed by atoms with Gasteiger partial charge < -0.3 is 9.73 Å². The van der Waals surface area contributed by atoms with Gasteiger partial charge in [-0.15, -0.1) is 11.8 Å². The van der Waals surface area contributed by atoms with Gasteiger partial charge in [-0.3, -0.25) is 0 Å². The first-order valence-electron chi connectivity index (χ1n) is 5.67. The van der Waals surface area contributed by atoms with Gasteiger partial charge in [-0.25, -0.2) is 0 Å². The van der Waals surface area contributed by atoms with Gasteiger partial charge in [0.2, 0.25) is 0 Å². The fourth-order valence-corrected chi connectivity index (χ4v) is 2.26. The van der Waals surface area contributed by atoms with Crippen molar-refractivity contribution in [1.29, 1.82) is 0 Å². The number of rotatable bonds is 5. The maximum atomic E-state index is 5.39. The van der Waals surface area contributed by atoms with Crippen LogP contribution in [0, 0.1) is 0 Å². The van der Waals surface area contributed by atoms with Crippen LogP contribution in [0.2, 0.25) is 0 Å². The van der Waals surface area contributed by atoms with Crippen molar-refractivity contribution >= 4 is 11.8 Å². The summed E-state index contributed by atoms with van der Waals surface area (Å²) in [5, 5.41) is 3.33. The van der Waals surface area contributed by atoms with Crippen LogP contribution in [-0.4, -0.2) is 13.3 Å². The van der Waals surface area contributed by atoms with Crippen LogP contribution >= 0.6 is 11.8 Å². The third kappa shape index (κ3) is 3.14. The Morgan fingerprint density at radius 2 is 2.00 bits per heavy atom. The first-order chi connectivity index (χ1) is 8.33. The molecule has 2 rings (SSSR count). The SMILES string of the molecule is CNC(Cc1ccco1)c1ccc(SC)cc1. The smallest absolute Gasteiger partial charge is 0.105 e. The van der Waals surface area contributed by atoms with E-state index < -0.39 is 0 Å². The highest BCUT2D eigenvalue weighted by Crippen LogP contribution is 2.21. The Hall–Kier alpha value is -1.19. The van der Waals surface area contributed by atoms with Gasteiger partial charge in [-0.05, 0) is 43.1 Å². The Bertz CT molecular complexity index is 436. The van der Waals surface area contributed by atoms with Crippen LogP contribution in [0.4, 0.5) is 0 Å². The number of benzene rings is 1. The lowest BCUT2D eigenvalue weighted by atomic mass is 10.0. The normalized spacial score (nSPS) is 12.6. The molecule has 1 atom stereocenters. The van der Waals surface area contributed by atoms with Crippen molar-refractivity contribution in [2.45, 2.75) is 17.4 Å². The van der Waals surface area contributed by atoms with Crippen molar-refractivity contribution in [3.8, 4) is 0 Å². The van der Waals surface area contributed by atoms with Crippen LogP contribution in [0.5, 0.6) is 0 Å². The minimum atomic E-state index is 0.303. The third-order valence-corrected chi connectivity index (χ3v) is 3.60. The summed E-state index contributed by atoms with van der Waals surface area (Å²) >= 11 is 1.76. The number of hydrogen-bond acceptors (Lipinski definition) is 3. The summed E-state index contributed by atoms with van der Waals surface area (Å²) in [7, 11) is 1.98. The molecule has 1 unspecified atom stereocenters. The second-order valence-corrected chi connectivity index (χ2v) is 4.78. The van der Waals surface area contributed by atoms with E-state index in [-0.39, 0.29) is 0 Å². The number of furan rings is 1. The minimum Gasteiger partial charge on any atom is -0.469 e. The molecule has 1 aromatic heterocycles. The highest BCUT2D eigenvalue weighted by Gasteiger charge is 2.11. The molecule has 1 N–H and O–H groups in total. The van der Waals surface area contributed by atoms with E-state index in [9.17, 15) is 0 Å². The fourth-order valence-electron chi connectivity index (χ4n) is 1.85. The van der Waals surface area contributed by atoms with Gasteiger partial charge in [0.15, 0.2) is 0 Å². The number of likely N-dealkylation sites (N-methyl/N-ethyl adjacent to an activating group) is 1. The van der Waals surface area contributed by atoms with E-state index in [0.717, 1.165) is 12.2 Å². The van der Waals surface area contributed by atoms with E-state index in [2.05, 4.69) is 35.8 Å². The predicted octanol–water partition coefficient (Wildman–Crippen LogP) is 3.50. The van der Waals surface area contributed by atoms with Crippen molar-refractivity contribution < 1.29 is 4.42 Å². The molecule has 0 aliphatic rings. The number of thioether (sulfide) groups is 1. The van der Waals surface area contributed by atoms with Crippen LogP contribution in [0.1, 0.15) is 17.4 Å². The van der Waals surface area contributed by atoms with E-state index in [1.54, 1.807) is 18.0 Å².